The number of rotatable bonds is 2. The quantitative estimate of drug-likeness (QED) is 0.643. The summed E-state index contributed by atoms with van der Waals surface area (Å²) in [5.41, 5.74) is -0.971. The summed E-state index contributed by atoms with van der Waals surface area (Å²) in [6, 6.07) is 2.90. The molecule has 1 aromatic carbocycles. The summed E-state index contributed by atoms with van der Waals surface area (Å²) in [7, 11) is 0. The molecule has 3 heterocycles. The molecule has 1 aliphatic heterocycles. The molecule has 1 saturated heterocycles. The number of aromatic amines is 1. The van der Waals surface area contributed by atoms with Crippen molar-refractivity contribution in [3.05, 3.63) is 45.3 Å². The van der Waals surface area contributed by atoms with Crippen LogP contribution >= 0.6 is 11.6 Å². The van der Waals surface area contributed by atoms with Gasteiger partial charge in [0.15, 0.2) is 5.65 Å². The molecule has 1 aliphatic rings. The van der Waals surface area contributed by atoms with Gasteiger partial charge in [0.25, 0.3) is 5.56 Å². The van der Waals surface area contributed by atoms with E-state index >= 15 is 0 Å². The molecule has 12 heteroatoms. The van der Waals surface area contributed by atoms with Gasteiger partial charge in [-0.15, -0.1) is 5.10 Å². The number of hydrogen-bond acceptors (Lipinski definition) is 5. The lowest BCUT2D eigenvalue weighted by molar-refractivity contribution is -0.137. The van der Waals surface area contributed by atoms with Crippen LogP contribution in [0.2, 0.25) is 5.02 Å². The van der Waals surface area contributed by atoms with Crippen LogP contribution in [-0.2, 0) is 11.0 Å². The highest BCUT2D eigenvalue weighted by molar-refractivity contribution is 6.32. The van der Waals surface area contributed by atoms with Crippen LogP contribution in [-0.4, -0.2) is 56.7 Å². The first-order chi connectivity index (χ1) is 14.6. The van der Waals surface area contributed by atoms with E-state index in [-0.39, 0.29) is 27.7 Å². The molecule has 1 N–H and O–H groups in total. The highest BCUT2D eigenvalue weighted by Gasteiger charge is 2.31. The maximum atomic E-state index is 12.9. The SMILES string of the molecule is CC(=O)N1CCCN(c2nc3nn(-c4ccc(C(F)(F)F)cc4Cl)cc3c(=O)[nH]2)CC1. The van der Waals surface area contributed by atoms with Crippen molar-refractivity contribution >= 4 is 34.5 Å². The van der Waals surface area contributed by atoms with E-state index in [1.165, 1.54) is 23.9 Å². The van der Waals surface area contributed by atoms with Gasteiger partial charge in [0, 0.05) is 39.3 Å². The summed E-state index contributed by atoms with van der Waals surface area (Å²) in [5.74, 6) is 0.317. The molecule has 0 spiro atoms. The average molecular weight is 455 g/mol. The highest BCUT2D eigenvalue weighted by Crippen LogP contribution is 2.33. The third-order valence-corrected chi connectivity index (χ3v) is 5.44. The van der Waals surface area contributed by atoms with Crippen LogP contribution in [0.1, 0.15) is 18.9 Å². The molecule has 4 rings (SSSR count). The van der Waals surface area contributed by atoms with Crippen LogP contribution in [0, 0.1) is 0 Å². The van der Waals surface area contributed by atoms with Gasteiger partial charge in [0.2, 0.25) is 11.9 Å². The molecule has 0 aliphatic carbocycles. The molecule has 0 bridgehead atoms. The van der Waals surface area contributed by atoms with Crippen molar-refractivity contribution in [1.82, 2.24) is 24.6 Å². The van der Waals surface area contributed by atoms with E-state index in [0.29, 0.717) is 32.1 Å². The molecule has 0 saturated carbocycles. The molecule has 0 unspecified atom stereocenters. The fourth-order valence-corrected chi connectivity index (χ4v) is 3.76. The summed E-state index contributed by atoms with van der Waals surface area (Å²) in [5, 5.41) is 4.27. The summed E-state index contributed by atoms with van der Waals surface area (Å²) in [6.45, 7) is 3.75. The number of anilines is 1. The Morgan fingerprint density at radius 1 is 1.19 bits per heavy atom. The summed E-state index contributed by atoms with van der Waals surface area (Å²) >= 11 is 6.04. The van der Waals surface area contributed by atoms with Crippen molar-refractivity contribution in [2.24, 2.45) is 0 Å². The molecule has 164 valence electrons. The summed E-state index contributed by atoms with van der Waals surface area (Å²) in [4.78, 5) is 34.9. The van der Waals surface area contributed by atoms with Gasteiger partial charge < -0.3 is 9.80 Å². The van der Waals surface area contributed by atoms with E-state index in [1.54, 1.807) is 4.90 Å². The number of alkyl halides is 3. The van der Waals surface area contributed by atoms with E-state index in [0.717, 1.165) is 18.6 Å². The normalized spacial score (nSPS) is 15.4. The van der Waals surface area contributed by atoms with Gasteiger partial charge in [0.05, 0.1) is 16.3 Å². The monoisotopic (exact) mass is 454 g/mol. The number of H-pyrrole nitrogens is 1. The van der Waals surface area contributed by atoms with E-state index in [9.17, 15) is 22.8 Å². The van der Waals surface area contributed by atoms with Crippen LogP contribution in [0.4, 0.5) is 19.1 Å². The first kappa shape index (κ1) is 21.2. The number of hydrogen-bond donors (Lipinski definition) is 1. The molecule has 1 fully saturated rings. The Morgan fingerprint density at radius 3 is 2.65 bits per heavy atom. The average Bonchev–Trinajstić information content (AvgIpc) is 2.96. The van der Waals surface area contributed by atoms with Crippen molar-refractivity contribution in [3.8, 4) is 5.69 Å². The molecular weight excluding hydrogens is 437 g/mol. The van der Waals surface area contributed by atoms with Crippen LogP contribution in [0.15, 0.2) is 29.2 Å². The highest BCUT2D eigenvalue weighted by atomic mass is 35.5. The third-order valence-electron chi connectivity index (χ3n) is 5.14. The fraction of sp³-hybridized carbons (Fsp3) is 0.368. The molecule has 0 radical (unpaired) electrons. The number of nitrogens with zero attached hydrogens (tertiary/aromatic N) is 5. The molecule has 1 amide bonds. The number of aromatic nitrogens is 4. The molecule has 8 nitrogen and oxygen atoms in total. The molecule has 31 heavy (non-hydrogen) atoms. The van der Waals surface area contributed by atoms with Crippen LogP contribution in [0.3, 0.4) is 0 Å². The number of amides is 1. The van der Waals surface area contributed by atoms with E-state index < -0.39 is 17.3 Å². The second-order valence-electron chi connectivity index (χ2n) is 7.21. The van der Waals surface area contributed by atoms with Gasteiger partial charge in [-0.1, -0.05) is 11.6 Å². The van der Waals surface area contributed by atoms with Crippen molar-refractivity contribution in [3.63, 3.8) is 0 Å². The minimum absolute atomic E-state index is 0.00841. The Kier molecular flexibility index (Phi) is 5.38. The lowest BCUT2D eigenvalue weighted by Crippen LogP contribution is -2.34. The van der Waals surface area contributed by atoms with Crippen molar-refractivity contribution in [2.45, 2.75) is 19.5 Å². The molecule has 3 aromatic rings. The van der Waals surface area contributed by atoms with Gasteiger partial charge in [-0.25, -0.2) is 4.68 Å². The molecule has 2 aromatic heterocycles. The largest absolute Gasteiger partial charge is 0.416 e. The summed E-state index contributed by atoms with van der Waals surface area (Å²) < 4.78 is 39.9. The van der Waals surface area contributed by atoms with E-state index in [2.05, 4.69) is 15.1 Å². The second-order valence-corrected chi connectivity index (χ2v) is 7.62. The zero-order valence-corrected chi connectivity index (χ0v) is 17.2. The number of fused-ring (bicyclic) bond motifs is 1. The standard InChI is InChI=1S/C19H18ClF3N6O2/c1-11(30)27-5-2-6-28(8-7-27)18-24-16-13(17(31)25-18)10-29(26-16)15-4-3-12(9-14(15)20)19(21,22)23/h3-4,9-10H,2,5-8H2,1H3,(H,24,25,26,31). The minimum atomic E-state index is -4.52. The smallest absolute Gasteiger partial charge is 0.341 e. The number of carbonyl (C=O) groups is 1. The minimum Gasteiger partial charge on any atom is -0.341 e. The lowest BCUT2D eigenvalue weighted by Gasteiger charge is -2.21. The first-order valence-corrected chi connectivity index (χ1v) is 9.88. The van der Waals surface area contributed by atoms with Crippen molar-refractivity contribution in [2.75, 3.05) is 31.1 Å². The second kappa shape index (κ2) is 7.88. The van der Waals surface area contributed by atoms with Crippen LogP contribution in [0.25, 0.3) is 16.7 Å². The van der Waals surface area contributed by atoms with Crippen LogP contribution < -0.4 is 10.5 Å². The third kappa shape index (κ3) is 4.22. The van der Waals surface area contributed by atoms with Gasteiger partial charge in [-0.05, 0) is 24.6 Å². The van der Waals surface area contributed by atoms with Gasteiger partial charge in [-0.3, -0.25) is 14.6 Å². The van der Waals surface area contributed by atoms with E-state index in [1.807, 2.05) is 4.90 Å². The first-order valence-electron chi connectivity index (χ1n) is 9.51. The molecular formula is C19H18ClF3N6O2. The maximum Gasteiger partial charge on any atom is 0.416 e. The van der Waals surface area contributed by atoms with Gasteiger partial charge in [-0.2, -0.15) is 18.2 Å². The Hall–Kier alpha value is -3.08. The number of nitrogens with one attached hydrogen (secondary N) is 1. The Bertz CT molecular complexity index is 1210. The number of carbonyl (C=O) groups excluding carboxylic acids is 1. The lowest BCUT2D eigenvalue weighted by atomic mass is 10.2. The van der Waals surface area contributed by atoms with Crippen LogP contribution in [0.5, 0.6) is 0 Å². The van der Waals surface area contributed by atoms with Gasteiger partial charge in [0.1, 0.15) is 5.39 Å². The molecule has 0 atom stereocenters. The van der Waals surface area contributed by atoms with Crippen molar-refractivity contribution in [1.29, 1.82) is 0 Å². The number of benzene rings is 1. The predicted molar refractivity (Wildman–Crippen MR) is 109 cm³/mol. The summed E-state index contributed by atoms with van der Waals surface area (Å²) in [6.07, 6.45) is -2.42. The predicted octanol–water partition coefficient (Wildman–Crippen LogP) is 2.84. The zero-order valence-electron chi connectivity index (χ0n) is 16.4. The zero-order chi connectivity index (χ0) is 22.3. The Balaban J connectivity index is 1.67. The fourth-order valence-electron chi connectivity index (χ4n) is 3.49. The Morgan fingerprint density at radius 2 is 1.97 bits per heavy atom. The Labute approximate surface area is 179 Å². The van der Waals surface area contributed by atoms with Gasteiger partial charge >= 0.3 is 6.18 Å². The topological polar surface area (TPSA) is 87.1 Å². The van der Waals surface area contributed by atoms with E-state index in [4.69, 9.17) is 11.6 Å². The maximum absolute atomic E-state index is 12.9. The number of halogens is 4. The van der Waals surface area contributed by atoms with Crippen molar-refractivity contribution < 1.29 is 18.0 Å².